The molecule has 0 aliphatic rings. The lowest BCUT2D eigenvalue weighted by Gasteiger charge is -2.31. The van der Waals surface area contributed by atoms with E-state index in [0.717, 1.165) is 16.7 Å². The Bertz CT molecular complexity index is 964. The maximum Gasteiger partial charge on any atom is 0.242 e. The number of benzene rings is 3. The minimum absolute atomic E-state index is 0.0185. The molecule has 0 saturated heterocycles. The van der Waals surface area contributed by atoms with Crippen molar-refractivity contribution in [3.8, 4) is 0 Å². The molecule has 3 aromatic rings. The molecule has 4 nitrogen and oxygen atoms in total. The van der Waals surface area contributed by atoms with Crippen LogP contribution in [0.1, 0.15) is 49.8 Å². The number of hydrogen-bond acceptors (Lipinski definition) is 2. The average Bonchev–Trinajstić information content (AvgIpc) is 2.84. The van der Waals surface area contributed by atoms with Gasteiger partial charge in [-0.3, -0.25) is 9.59 Å². The van der Waals surface area contributed by atoms with Crippen LogP contribution in [0.3, 0.4) is 0 Å². The zero-order chi connectivity index (χ0) is 23.6. The number of nitrogens with zero attached hydrogens (tertiary/aromatic N) is 1. The Morgan fingerprint density at radius 1 is 0.758 bits per heavy atom. The highest BCUT2D eigenvalue weighted by Crippen LogP contribution is 2.29. The summed E-state index contributed by atoms with van der Waals surface area (Å²) in [5.41, 5.74) is 3.34. The van der Waals surface area contributed by atoms with Crippen LogP contribution in [0.2, 0.25) is 0 Å². The summed E-state index contributed by atoms with van der Waals surface area (Å²) in [6.07, 6.45) is 1.01. The molecule has 0 fully saturated rings. The number of nitrogens with one attached hydrogen (secondary N) is 1. The van der Waals surface area contributed by atoms with Gasteiger partial charge in [0.1, 0.15) is 6.04 Å². The van der Waals surface area contributed by atoms with Crippen molar-refractivity contribution in [1.82, 2.24) is 10.2 Å². The molecule has 0 unspecified atom stereocenters. The van der Waals surface area contributed by atoms with Crippen molar-refractivity contribution in [1.29, 1.82) is 0 Å². The van der Waals surface area contributed by atoms with Crippen molar-refractivity contribution in [3.05, 3.63) is 108 Å². The summed E-state index contributed by atoms with van der Waals surface area (Å²) in [6, 6.07) is 29.8. The second kappa shape index (κ2) is 12.0. The maximum atomic E-state index is 13.7. The zero-order valence-electron chi connectivity index (χ0n) is 19.8. The molecule has 33 heavy (non-hydrogen) atoms. The fourth-order valence-electron chi connectivity index (χ4n) is 4.07. The van der Waals surface area contributed by atoms with Gasteiger partial charge in [-0.25, -0.2) is 0 Å². The van der Waals surface area contributed by atoms with Crippen LogP contribution >= 0.6 is 0 Å². The van der Waals surface area contributed by atoms with E-state index >= 15 is 0 Å². The molecule has 0 bridgehead atoms. The monoisotopic (exact) mass is 442 g/mol. The van der Waals surface area contributed by atoms with Gasteiger partial charge in [-0.05, 0) is 43.9 Å². The van der Waals surface area contributed by atoms with Gasteiger partial charge in [-0.1, -0.05) is 91.0 Å². The van der Waals surface area contributed by atoms with E-state index in [2.05, 4.69) is 41.7 Å². The topological polar surface area (TPSA) is 49.4 Å². The Kier molecular flexibility index (Phi) is 8.82. The molecule has 0 spiro atoms. The minimum atomic E-state index is -0.546. The standard InChI is InChI=1S/C29H34N2O2/c1-22(2)30-29(33)23(3)31(20-19-24-13-7-4-8-14-24)28(32)21-27(25-15-9-5-10-16-25)26-17-11-6-12-18-26/h4-18,22-23,27H,19-21H2,1-3H3,(H,30,33)/t23-/m1/s1. The fraction of sp³-hybridized carbons (Fsp3) is 0.310. The van der Waals surface area contributed by atoms with Gasteiger partial charge >= 0.3 is 0 Å². The fourth-order valence-corrected chi connectivity index (χ4v) is 4.07. The molecule has 3 rings (SSSR count). The highest BCUT2D eigenvalue weighted by molar-refractivity contribution is 5.88. The number of carbonyl (C=O) groups excluding carboxylic acids is 2. The van der Waals surface area contributed by atoms with Crippen molar-refractivity contribution in [2.24, 2.45) is 0 Å². The van der Waals surface area contributed by atoms with Gasteiger partial charge in [0.2, 0.25) is 11.8 Å². The summed E-state index contributed by atoms with van der Waals surface area (Å²) in [6.45, 7) is 6.18. The predicted molar refractivity (Wildman–Crippen MR) is 134 cm³/mol. The van der Waals surface area contributed by atoms with E-state index < -0.39 is 6.04 Å². The lowest BCUT2D eigenvalue weighted by atomic mass is 9.88. The summed E-state index contributed by atoms with van der Waals surface area (Å²) < 4.78 is 0. The van der Waals surface area contributed by atoms with Crippen molar-refractivity contribution in [2.45, 2.75) is 51.6 Å². The lowest BCUT2D eigenvalue weighted by molar-refractivity contribution is -0.140. The van der Waals surface area contributed by atoms with E-state index in [1.165, 1.54) is 0 Å². The first-order chi connectivity index (χ1) is 16.0. The first-order valence-corrected chi connectivity index (χ1v) is 11.7. The van der Waals surface area contributed by atoms with Crippen molar-refractivity contribution in [2.75, 3.05) is 6.54 Å². The molecule has 172 valence electrons. The molecule has 2 amide bonds. The SMILES string of the molecule is CC(C)NC(=O)[C@@H](C)N(CCc1ccccc1)C(=O)CC(c1ccccc1)c1ccccc1. The minimum Gasteiger partial charge on any atom is -0.352 e. The van der Waals surface area contributed by atoms with Gasteiger partial charge in [0.15, 0.2) is 0 Å². The van der Waals surface area contributed by atoms with Gasteiger partial charge in [-0.15, -0.1) is 0 Å². The molecule has 1 atom stereocenters. The molecule has 0 radical (unpaired) electrons. The second-order valence-electron chi connectivity index (χ2n) is 8.74. The van der Waals surface area contributed by atoms with Gasteiger partial charge in [0, 0.05) is 24.9 Å². The first kappa shape index (κ1) is 24.2. The van der Waals surface area contributed by atoms with E-state index in [-0.39, 0.29) is 23.8 Å². The first-order valence-electron chi connectivity index (χ1n) is 11.7. The molecule has 4 heteroatoms. The third-order valence-electron chi connectivity index (χ3n) is 5.87. The van der Waals surface area contributed by atoms with Crippen LogP contribution in [0.25, 0.3) is 0 Å². The summed E-state index contributed by atoms with van der Waals surface area (Å²) in [5.74, 6) is -0.211. The van der Waals surface area contributed by atoms with Gasteiger partial charge < -0.3 is 10.2 Å². The van der Waals surface area contributed by atoms with Crippen LogP contribution in [-0.2, 0) is 16.0 Å². The van der Waals surface area contributed by atoms with E-state index in [9.17, 15) is 9.59 Å². The summed E-state index contributed by atoms with van der Waals surface area (Å²) >= 11 is 0. The Hall–Kier alpha value is -3.40. The lowest BCUT2D eigenvalue weighted by Crippen LogP contribution is -2.50. The largest absolute Gasteiger partial charge is 0.352 e. The van der Waals surface area contributed by atoms with Crippen LogP contribution in [0.15, 0.2) is 91.0 Å². The third kappa shape index (κ3) is 7.04. The highest BCUT2D eigenvalue weighted by atomic mass is 16.2. The molecule has 0 aliphatic heterocycles. The molecule has 0 aromatic heterocycles. The Morgan fingerprint density at radius 2 is 1.24 bits per heavy atom. The Balaban J connectivity index is 1.85. The van der Waals surface area contributed by atoms with Crippen molar-refractivity contribution >= 4 is 11.8 Å². The van der Waals surface area contributed by atoms with Crippen molar-refractivity contribution in [3.63, 3.8) is 0 Å². The van der Waals surface area contributed by atoms with Crippen LogP contribution < -0.4 is 5.32 Å². The highest BCUT2D eigenvalue weighted by Gasteiger charge is 2.28. The second-order valence-corrected chi connectivity index (χ2v) is 8.74. The van der Waals surface area contributed by atoms with Crippen LogP contribution in [0.4, 0.5) is 0 Å². The number of carbonyl (C=O) groups is 2. The quantitative estimate of drug-likeness (QED) is 0.470. The zero-order valence-corrected chi connectivity index (χ0v) is 19.8. The van der Waals surface area contributed by atoms with E-state index in [4.69, 9.17) is 0 Å². The summed E-state index contributed by atoms with van der Waals surface area (Å²) in [5, 5.41) is 2.96. The molecule has 1 N–H and O–H groups in total. The average molecular weight is 443 g/mol. The Labute approximate surface area is 197 Å². The summed E-state index contributed by atoms with van der Waals surface area (Å²) in [4.78, 5) is 28.3. The maximum absolute atomic E-state index is 13.7. The van der Waals surface area contributed by atoms with Crippen LogP contribution in [0.5, 0.6) is 0 Å². The van der Waals surface area contributed by atoms with Gasteiger partial charge in [0.25, 0.3) is 0 Å². The van der Waals surface area contributed by atoms with Gasteiger partial charge in [-0.2, -0.15) is 0 Å². The smallest absolute Gasteiger partial charge is 0.242 e. The number of amides is 2. The van der Waals surface area contributed by atoms with E-state index in [1.54, 1.807) is 4.90 Å². The molecular weight excluding hydrogens is 408 g/mol. The predicted octanol–water partition coefficient (Wildman–Crippen LogP) is 5.19. The van der Waals surface area contributed by atoms with E-state index in [0.29, 0.717) is 19.4 Å². The summed E-state index contributed by atoms with van der Waals surface area (Å²) in [7, 11) is 0. The molecular formula is C29H34N2O2. The van der Waals surface area contributed by atoms with Crippen LogP contribution in [0, 0.1) is 0 Å². The number of hydrogen-bond donors (Lipinski definition) is 1. The van der Waals surface area contributed by atoms with Crippen molar-refractivity contribution < 1.29 is 9.59 Å². The molecule has 0 heterocycles. The third-order valence-corrected chi connectivity index (χ3v) is 5.87. The van der Waals surface area contributed by atoms with Gasteiger partial charge in [0.05, 0.1) is 0 Å². The normalized spacial score (nSPS) is 11.9. The van der Waals surface area contributed by atoms with E-state index in [1.807, 2.05) is 75.4 Å². The number of rotatable bonds is 10. The Morgan fingerprint density at radius 3 is 1.73 bits per heavy atom. The molecule has 3 aromatic carbocycles. The van der Waals surface area contributed by atoms with Crippen LogP contribution in [-0.4, -0.2) is 35.3 Å². The molecule has 0 saturated carbocycles. The molecule has 0 aliphatic carbocycles.